The highest BCUT2D eigenvalue weighted by Gasteiger charge is 2.25. The van der Waals surface area contributed by atoms with Crippen LogP contribution < -0.4 is 10.6 Å². The van der Waals surface area contributed by atoms with E-state index in [4.69, 9.17) is 17.0 Å². The molecule has 4 rings (SSSR count). The summed E-state index contributed by atoms with van der Waals surface area (Å²) in [6.07, 6.45) is 5.23. The number of nitrogens with zero attached hydrogens (tertiary/aromatic N) is 5. The Morgan fingerprint density at radius 1 is 1.13 bits per heavy atom. The van der Waals surface area contributed by atoms with Crippen LogP contribution in [-0.2, 0) is 17.8 Å². The molecular formula is C21H25N7O2S. The summed E-state index contributed by atoms with van der Waals surface area (Å²) < 4.78 is 8.87. The van der Waals surface area contributed by atoms with E-state index in [1.807, 2.05) is 36.0 Å². The van der Waals surface area contributed by atoms with E-state index in [1.165, 1.54) is 0 Å². The lowest BCUT2D eigenvalue weighted by molar-refractivity contribution is 0.0295. The maximum absolute atomic E-state index is 13.1. The fraction of sp³-hybridized carbons (Fsp3) is 0.333. The molecule has 10 heteroatoms. The van der Waals surface area contributed by atoms with E-state index < -0.39 is 0 Å². The first-order valence-corrected chi connectivity index (χ1v) is 10.6. The van der Waals surface area contributed by atoms with Crippen LogP contribution in [0.3, 0.4) is 0 Å². The molecule has 1 amide bonds. The van der Waals surface area contributed by atoms with Gasteiger partial charge in [0.05, 0.1) is 43.5 Å². The van der Waals surface area contributed by atoms with Crippen molar-refractivity contribution in [1.29, 1.82) is 0 Å². The fourth-order valence-electron chi connectivity index (χ4n) is 3.43. The van der Waals surface area contributed by atoms with E-state index >= 15 is 0 Å². The van der Waals surface area contributed by atoms with Gasteiger partial charge in [-0.25, -0.2) is 0 Å². The molecule has 1 aliphatic rings. The van der Waals surface area contributed by atoms with Gasteiger partial charge in [0, 0.05) is 25.8 Å². The van der Waals surface area contributed by atoms with Crippen LogP contribution in [-0.4, -0.2) is 61.8 Å². The molecule has 0 radical (unpaired) electrons. The molecule has 1 aliphatic heterocycles. The van der Waals surface area contributed by atoms with Gasteiger partial charge in [-0.15, -0.1) is 0 Å². The SMILES string of the molecule is CCn1ncc(NC(=S)Nc2cnn(Cc3ccccc3)c2)c1C(=O)N1CCOCC1. The van der Waals surface area contributed by atoms with Crippen LogP contribution in [0.4, 0.5) is 11.4 Å². The lowest BCUT2D eigenvalue weighted by Gasteiger charge is -2.27. The first kappa shape index (κ1) is 21.0. The van der Waals surface area contributed by atoms with Crippen LogP contribution in [0.15, 0.2) is 48.9 Å². The molecule has 2 aromatic heterocycles. The maximum Gasteiger partial charge on any atom is 0.274 e. The molecule has 3 heterocycles. The van der Waals surface area contributed by atoms with Gasteiger partial charge in [0.2, 0.25) is 0 Å². The molecule has 0 saturated carbocycles. The molecule has 9 nitrogen and oxygen atoms in total. The zero-order chi connectivity index (χ0) is 21.6. The number of thiocarbonyl (C=S) groups is 1. The number of anilines is 2. The first-order chi connectivity index (χ1) is 15.1. The Labute approximate surface area is 186 Å². The number of carbonyl (C=O) groups is 1. The van der Waals surface area contributed by atoms with Gasteiger partial charge in [0.25, 0.3) is 5.91 Å². The quantitative estimate of drug-likeness (QED) is 0.570. The predicted molar refractivity (Wildman–Crippen MR) is 122 cm³/mol. The predicted octanol–water partition coefficient (Wildman–Crippen LogP) is 2.43. The zero-order valence-corrected chi connectivity index (χ0v) is 18.1. The molecule has 162 valence electrons. The summed E-state index contributed by atoms with van der Waals surface area (Å²) in [6, 6.07) is 10.1. The van der Waals surface area contributed by atoms with Crippen LogP contribution in [0.2, 0.25) is 0 Å². The highest BCUT2D eigenvalue weighted by atomic mass is 32.1. The number of aryl methyl sites for hydroxylation is 1. The molecular weight excluding hydrogens is 414 g/mol. The second-order valence-corrected chi connectivity index (χ2v) is 7.53. The van der Waals surface area contributed by atoms with Crippen molar-refractivity contribution in [1.82, 2.24) is 24.5 Å². The maximum atomic E-state index is 13.1. The summed E-state index contributed by atoms with van der Waals surface area (Å²) in [6.45, 7) is 5.42. The number of benzene rings is 1. The third-order valence-electron chi connectivity index (χ3n) is 4.97. The minimum Gasteiger partial charge on any atom is -0.378 e. The molecule has 1 saturated heterocycles. The van der Waals surface area contributed by atoms with Crippen LogP contribution in [0.25, 0.3) is 0 Å². The Hall–Kier alpha value is -3.24. The van der Waals surface area contributed by atoms with Crippen molar-refractivity contribution in [3.8, 4) is 0 Å². The van der Waals surface area contributed by atoms with Crippen molar-refractivity contribution in [2.24, 2.45) is 0 Å². The van der Waals surface area contributed by atoms with E-state index in [0.717, 1.165) is 11.3 Å². The van der Waals surface area contributed by atoms with Crippen molar-refractivity contribution >= 4 is 34.6 Å². The van der Waals surface area contributed by atoms with Crippen molar-refractivity contribution in [3.05, 3.63) is 60.2 Å². The van der Waals surface area contributed by atoms with Crippen LogP contribution in [0, 0.1) is 0 Å². The summed E-state index contributed by atoms with van der Waals surface area (Å²) in [5, 5.41) is 15.3. The molecule has 0 atom stereocenters. The molecule has 31 heavy (non-hydrogen) atoms. The van der Waals surface area contributed by atoms with E-state index in [1.54, 1.807) is 22.0 Å². The minimum atomic E-state index is -0.0800. The Kier molecular flexibility index (Phi) is 6.58. The fourth-order valence-corrected chi connectivity index (χ4v) is 3.66. The van der Waals surface area contributed by atoms with Gasteiger partial charge in [-0.2, -0.15) is 10.2 Å². The highest BCUT2D eigenvalue weighted by Crippen LogP contribution is 2.19. The lowest BCUT2D eigenvalue weighted by atomic mass is 10.2. The number of hydrogen-bond donors (Lipinski definition) is 2. The largest absolute Gasteiger partial charge is 0.378 e. The van der Waals surface area contributed by atoms with Crippen molar-refractivity contribution in [2.45, 2.75) is 20.0 Å². The van der Waals surface area contributed by atoms with Crippen molar-refractivity contribution < 1.29 is 9.53 Å². The smallest absolute Gasteiger partial charge is 0.274 e. The van der Waals surface area contributed by atoms with Gasteiger partial charge in [0.15, 0.2) is 5.11 Å². The molecule has 0 spiro atoms. The van der Waals surface area contributed by atoms with Crippen molar-refractivity contribution in [3.63, 3.8) is 0 Å². The number of amides is 1. The summed E-state index contributed by atoms with van der Waals surface area (Å²) in [5.41, 5.74) is 2.99. The van der Waals surface area contributed by atoms with Crippen LogP contribution in [0.5, 0.6) is 0 Å². The molecule has 0 aliphatic carbocycles. The van der Waals surface area contributed by atoms with E-state index in [-0.39, 0.29) is 5.91 Å². The molecule has 3 aromatic rings. The highest BCUT2D eigenvalue weighted by molar-refractivity contribution is 7.80. The lowest BCUT2D eigenvalue weighted by Crippen LogP contribution is -2.41. The van der Waals surface area contributed by atoms with Gasteiger partial charge in [-0.1, -0.05) is 30.3 Å². The standard InChI is InChI=1S/C21H25N7O2S/c1-2-28-19(20(29)26-8-10-30-11-9-26)18(13-23-28)25-21(31)24-17-12-22-27(15-17)14-16-6-4-3-5-7-16/h3-7,12-13,15H,2,8-11,14H2,1H3,(H2,24,25,31). The number of nitrogens with one attached hydrogen (secondary N) is 2. The normalized spacial score (nSPS) is 13.8. The Morgan fingerprint density at radius 2 is 1.90 bits per heavy atom. The minimum absolute atomic E-state index is 0.0800. The third-order valence-corrected chi connectivity index (χ3v) is 5.17. The van der Waals surface area contributed by atoms with Gasteiger partial charge in [-0.3, -0.25) is 14.2 Å². The summed E-state index contributed by atoms with van der Waals surface area (Å²) in [5.74, 6) is -0.0800. The first-order valence-electron chi connectivity index (χ1n) is 10.2. The van der Waals surface area contributed by atoms with Crippen LogP contribution >= 0.6 is 12.2 Å². The van der Waals surface area contributed by atoms with Gasteiger partial charge >= 0.3 is 0 Å². The van der Waals surface area contributed by atoms with Crippen LogP contribution in [0.1, 0.15) is 23.0 Å². The summed E-state index contributed by atoms with van der Waals surface area (Å²) >= 11 is 5.46. The second-order valence-electron chi connectivity index (χ2n) is 7.12. The van der Waals surface area contributed by atoms with E-state index in [2.05, 4.69) is 33.0 Å². The number of aromatic nitrogens is 4. The summed E-state index contributed by atoms with van der Waals surface area (Å²) in [7, 11) is 0. The van der Waals surface area contributed by atoms with Crippen molar-refractivity contribution in [2.75, 3.05) is 36.9 Å². The van der Waals surface area contributed by atoms with Gasteiger partial charge in [0.1, 0.15) is 5.69 Å². The molecule has 0 unspecified atom stereocenters. The van der Waals surface area contributed by atoms with Gasteiger partial charge < -0.3 is 20.3 Å². The topological polar surface area (TPSA) is 89.2 Å². The average Bonchev–Trinajstić information content (AvgIpc) is 3.40. The van der Waals surface area contributed by atoms with E-state index in [0.29, 0.717) is 55.9 Å². The number of ether oxygens (including phenoxy) is 1. The number of carbonyl (C=O) groups excluding carboxylic acids is 1. The molecule has 0 bridgehead atoms. The van der Waals surface area contributed by atoms with E-state index in [9.17, 15) is 4.79 Å². The number of rotatable bonds is 6. The molecule has 2 N–H and O–H groups in total. The number of hydrogen-bond acceptors (Lipinski definition) is 5. The third kappa shape index (κ3) is 5.09. The Bertz CT molecular complexity index is 1040. The number of morpholine rings is 1. The second kappa shape index (κ2) is 9.71. The molecule has 1 fully saturated rings. The summed E-state index contributed by atoms with van der Waals surface area (Å²) in [4.78, 5) is 14.9. The Balaban J connectivity index is 1.42. The zero-order valence-electron chi connectivity index (χ0n) is 17.3. The monoisotopic (exact) mass is 439 g/mol. The Morgan fingerprint density at radius 3 is 2.65 bits per heavy atom. The average molecular weight is 440 g/mol. The molecule has 1 aromatic carbocycles. The van der Waals surface area contributed by atoms with Gasteiger partial charge in [-0.05, 0) is 24.7 Å².